The lowest BCUT2D eigenvalue weighted by atomic mass is 9.41. The van der Waals surface area contributed by atoms with E-state index in [-0.39, 0.29) is 17.3 Å². The highest BCUT2D eigenvalue weighted by Crippen LogP contribution is 2.73. The van der Waals surface area contributed by atoms with Crippen molar-refractivity contribution in [3.8, 4) is 0 Å². The fourth-order valence-corrected chi connectivity index (χ4v) is 13.2. The van der Waals surface area contributed by atoms with Crippen LogP contribution in [0.4, 0.5) is 0 Å². The molecule has 4 aliphatic carbocycles. The first kappa shape index (κ1) is 49.8. The minimum atomic E-state index is -1.96. The molecule has 2 bridgehead atoms. The Balaban J connectivity index is 1.04. The van der Waals surface area contributed by atoms with Crippen LogP contribution in [-0.4, -0.2) is 221 Å². The van der Waals surface area contributed by atoms with Gasteiger partial charge in [-0.2, -0.15) is 0 Å². The van der Waals surface area contributed by atoms with E-state index in [2.05, 4.69) is 13.5 Å². The molecule has 0 aromatic rings. The lowest BCUT2D eigenvalue weighted by Gasteiger charge is -2.64. The van der Waals surface area contributed by atoms with Crippen LogP contribution in [0.1, 0.15) is 71.6 Å². The number of ether oxygens (including phenoxy) is 8. The van der Waals surface area contributed by atoms with Gasteiger partial charge in [0, 0.05) is 0 Å². The summed E-state index contributed by atoms with van der Waals surface area (Å²) >= 11 is 0. The minimum Gasteiger partial charge on any atom is -0.432 e. The Labute approximate surface area is 375 Å². The Hall–Kier alpha value is -1.59. The fourth-order valence-electron chi connectivity index (χ4n) is 13.2. The first-order valence-electron chi connectivity index (χ1n) is 22.8. The normalized spacial score (nSPS) is 54.7. The molecule has 25 atom stereocenters. The van der Waals surface area contributed by atoms with Crippen molar-refractivity contribution >= 4 is 5.97 Å². The highest BCUT2D eigenvalue weighted by Gasteiger charge is 2.69. The van der Waals surface area contributed by atoms with Gasteiger partial charge in [-0.15, -0.1) is 0 Å². The van der Waals surface area contributed by atoms with Gasteiger partial charge in [0.1, 0.15) is 85.5 Å². The number of hydrogen-bond acceptors (Lipinski definition) is 22. The lowest BCUT2D eigenvalue weighted by Crippen LogP contribution is -2.67. The third-order valence-corrected chi connectivity index (χ3v) is 16.7. The average molecular weight is 937 g/mol. The third-order valence-electron chi connectivity index (χ3n) is 16.7. The molecule has 13 N–H and O–H groups in total. The van der Waals surface area contributed by atoms with E-state index in [1.165, 1.54) is 0 Å². The number of hydrogen-bond donors (Lipinski definition) is 13. The third kappa shape index (κ3) is 8.32. The molecule has 22 heteroatoms. The zero-order valence-corrected chi connectivity index (χ0v) is 36.5. The van der Waals surface area contributed by atoms with Crippen LogP contribution in [0.3, 0.4) is 0 Å². The van der Waals surface area contributed by atoms with Crippen LogP contribution in [0, 0.1) is 28.1 Å². The zero-order chi connectivity index (χ0) is 47.1. The van der Waals surface area contributed by atoms with Gasteiger partial charge in [-0.3, -0.25) is 4.79 Å². The molecule has 0 amide bonds. The molecule has 4 saturated carbocycles. The maximum atomic E-state index is 15.0. The highest BCUT2D eigenvalue weighted by molar-refractivity contribution is 5.77. The van der Waals surface area contributed by atoms with Crippen molar-refractivity contribution in [1.29, 1.82) is 0 Å². The smallest absolute Gasteiger partial charge is 0.314 e. The van der Waals surface area contributed by atoms with Gasteiger partial charge in [0.05, 0.1) is 37.4 Å². The first-order valence-corrected chi connectivity index (χ1v) is 22.8. The largest absolute Gasteiger partial charge is 0.432 e. The Kier molecular flexibility index (Phi) is 14.3. The molecule has 4 heterocycles. The summed E-state index contributed by atoms with van der Waals surface area (Å²) in [4.78, 5) is 15.0. The van der Waals surface area contributed by atoms with Crippen molar-refractivity contribution in [3.63, 3.8) is 0 Å². The maximum Gasteiger partial charge on any atom is 0.314 e. The van der Waals surface area contributed by atoms with Gasteiger partial charge < -0.3 is 104 Å². The molecule has 8 rings (SSSR count). The quantitative estimate of drug-likeness (QED) is 0.0528. The molecule has 22 nitrogen and oxygen atoms in total. The molecule has 65 heavy (non-hydrogen) atoms. The van der Waals surface area contributed by atoms with E-state index in [0.717, 1.165) is 12.0 Å². The van der Waals surface area contributed by atoms with Gasteiger partial charge >= 0.3 is 5.97 Å². The van der Waals surface area contributed by atoms with Crippen LogP contribution in [0.5, 0.6) is 0 Å². The van der Waals surface area contributed by atoms with Crippen LogP contribution in [-0.2, 0) is 42.7 Å². The van der Waals surface area contributed by atoms with Gasteiger partial charge in [0.15, 0.2) is 25.0 Å². The number of fused-ring (bicyclic) bond motifs is 3. The van der Waals surface area contributed by atoms with Crippen molar-refractivity contribution < 1.29 is 109 Å². The van der Waals surface area contributed by atoms with E-state index >= 15 is 0 Å². The molecule has 4 saturated heterocycles. The van der Waals surface area contributed by atoms with Crippen LogP contribution >= 0.6 is 0 Å². The Morgan fingerprint density at radius 2 is 1.18 bits per heavy atom. The fraction of sp³-hybridized carbons (Fsp3) is 0.930. The van der Waals surface area contributed by atoms with Crippen LogP contribution < -0.4 is 0 Å². The second kappa shape index (κ2) is 18.6. The summed E-state index contributed by atoms with van der Waals surface area (Å²) in [5.41, 5.74) is -1.99. The summed E-state index contributed by atoms with van der Waals surface area (Å²) in [7, 11) is 0. The van der Waals surface area contributed by atoms with E-state index in [9.17, 15) is 71.2 Å². The van der Waals surface area contributed by atoms with Gasteiger partial charge in [-0.1, -0.05) is 19.9 Å². The van der Waals surface area contributed by atoms with Crippen LogP contribution in [0.25, 0.3) is 0 Å². The maximum absolute atomic E-state index is 15.0. The van der Waals surface area contributed by atoms with Crippen molar-refractivity contribution in [2.45, 2.75) is 194 Å². The molecule has 8 aliphatic rings. The second-order valence-electron chi connectivity index (χ2n) is 20.4. The monoisotopic (exact) mass is 936 g/mol. The molecule has 1 spiro atoms. The molecule has 0 radical (unpaired) electrons. The van der Waals surface area contributed by atoms with Gasteiger partial charge in [0.2, 0.25) is 6.29 Å². The lowest BCUT2D eigenvalue weighted by molar-refractivity contribution is -0.383. The van der Waals surface area contributed by atoms with Crippen molar-refractivity contribution in [1.82, 2.24) is 0 Å². The summed E-state index contributed by atoms with van der Waals surface area (Å²) in [5, 5.41) is 137. The van der Waals surface area contributed by atoms with Crippen molar-refractivity contribution in [2.75, 3.05) is 26.4 Å². The van der Waals surface area contributed by atoms with Gasteiger partial charge in [-0.25, -0.2) is 0 Å². The molecule has 0 aromatic carbocycles. The predicted octanol–water partition coefficient (Wildman–Crippen LogP) is -4.47. The van der Waals surface area contributed by atoms with Crippen molar-refractivity contribution in [3.05, 3.63) is 12.2 Å². The van der Waals surface area contributed by atoms with E-state index in [4.69, 9.17) is 37.9 Å². The number of rotatable bonds is 11. The minimum absolute atomic E-state index is 0.0749. The topological polar surface area (TPSA) is 354 Å². The Morgan fingerprint density at radius 1 is 0.631 bits per heavy atom. The van der Waals surface area contributed by atoms with Gasteiger partial charge in [-0.05, 0) is 86.5 Å². The van der Waals surface area contributed by atoms with E-state index < -0.39 is 166 Å². The summed E-state index contributed by atoms with van der Waals surface area (Å²) in [6.45, 7) is 5.68. The Bertz CT molecular complexity index is 1710. The first-order chi connectivity index (χ1) is 30.7. The zero-order valence-electron chi connectivity index (χ0n) is 36.5. The number of aliphatic hydroxyl groups is 13. The Morgan fingerprint density at radius 3 is 1.83 bits per heavy atom. The number of carbonyl (C=O) groups is 1. The summed E-state index contributed by atoms with van der Waals surface area (Å²) < 4.78 is 47.7. The SMILES string of the molecule is C=C1CC23CCC4C(C)(C(=O)OC5OC(CO)C(O)C(OC6OC(CO)C(O)C(O)C6O)C5OC5OCC(O)C(O)C5O)CCCC4(C)C2CCC1(OC1OC(CO)C(O)C(O)C1O)C3. The molecule has 8 fully saturated rings. The van der Waals surface area contributed by atoms with E-state index in [1.807, 2.05) is 6.92 Å². The molecule has 372 valence electrons. The number of aliphatic hydroxyl groups excluding tert-OH is 13. The van der Waals surface area contributed by atoms with Crippen molar-refractivity contribution in [2.24, 2.45) is 28.1 Å². The molecule has 25 unspecified atom stereocenters. The van der Waals surface area contributed by atoms with E-state index in [0.29, 0.717) is 51.4 Å². The summed E-state index contributed by atoms with van der Waals surface area (Å²) in [5.74, 6) is -0.885. The molecule has 0 aromatic heterocycles. The molecular formula is C43H68O22. The molecule has 4 aliphatic heterocycles. The summed E-state index contributed by atoms with van der Waals surface area (Å²) in [6.07, 6.45) is -26.3. The van der Waals surface area contributed by atoms with Gasteiger partial charge in [0.25, 0.3) is 0 Å². The second-order valence-corrected chi connectivity index (χ2v) is 20.4. The predicted molar refractivity (Wildman–Crippen MR) is 213 cm³/mol. The van der Waals surface area contributed by atoms with Crippen LogP contribution in [0.15, 0.2) is 12.2 Å². The average Bonchev–Trinajstić information content (AvgIpc) is 3.48. The standard InChI is InChI=1S/C43H68O22/c1-17-11-42-9-5-22-40(2,23(42)6-10-43(17,16-42)65-37-32(56)29(53)26(50)20(13-45)60-37)7-4-8-41(22,3)39(57)64-38-34(63-35-30(54)24(48)18(47)15-58-35)33(27(51)21(14-46)61-38)62-36-31(55)28(52)25(49)19(12-44)59-36/h18-38,44-56H,1,4-16H2,2-3H3. The number of esters is 1. The van der Waals surface area contributed by atoms with Crippen LogP contribution in [0.2, 0.25) is 0 Å². The van der Waals surface area contributed by atoms with E-state index in [1.54, 1.807) is 0 Å². The summed E-state index contributed by atoms with van der Waals surface area (Å²) in [6, 6.07) is 0. The highest BCUT2D eigenvalue weighted by atomic mass is 16.8. The molecular weight excluding hydrogens is 868 g/mol. The number of carbonyl (C=O) groups excluding carboxylic acids is 1.